The van der Waals surface area contributed by atoms with Crippen LogP contribution >= 0.6 is 0 Å². The van der Waals surface area contributed by atoms with Gasteiger partial charge in [0.2, 0.25) is 0 Å². The smallest absolute Gasteiger partial charge is 1.00 e. The van der Waals surface area contributed by atoms with Crippen LogP contribution in [0.2, 0.25) is 0 Å². The van der Waals surface area contributed by atoms with Crippen molar-refractivity contribution < 1.29 is 64.0 Å². The van der Waals surface area contributed by atoms with Gasteiger partial charge in [-0.1, -0.05) is 0 Å². The molecular weight excluding hydrogens is 256 g/mol. The van der Waals surface area contributed by atoms with Crippen molar-refractivity contribution in [2.75, 3.05) is 0 Å². The first-order valence-electron chi connectivity index (χ1n) is 2.54. The van der Waals surface area contributed by atoms with Crippen molar-refractivity contribution >= 4 is 10.1 Å². The largest absolute Gasteiger partial charge is 1.00 e. The number of alkyl halides is 7. The van der Waals surface area contributed by atoms with Crippen molar-refractivity contribution in [3.63, 3.8) is 0 Å². The summed E-state index contributed by atoms with van der Waals surface area (Å²) in [5, 5.41) is -6.61. The van der Waals surface area contributed by atoms with Crippen molar-refractivity contribution in [2.24, 2.45) is 0 Å². The Labute approximate surface area is 92.0 Å². The maximum atomic E-state index is 11.9. The van der Waals surface area contributed by atoms with Crippen LogP contribution in [0.4, 0.5) is 30.7 Å². The molecule has 1 N–H and O–H groups in total. The van der Waals surface area contributed by atoms with Gasteiger partial charge in [-0.2, -0.15) is 39.2 Å². The van der Waals surface area contributed by atoms with E-state index in [-0.39, 0.29) is 20.3 Å². The summed E-state index contributed by atoms with van der Waals surface area (Å²) < 4.78 is 108. The van der Waals surface area contributed by atoms with Crippen LogP contribution in [0.25, 0.3) is 0 Å². The molecule has 15 heavy (non-hydrogen) atoms. The molecule has 0 aliphatic heterocycles. The predicted molar refractivity (Wildman–Crippen MR) is 28.6 cm³/mol. The van der Waals surface area contributed by atoms with Gasteiger partial charge in [0.1, 0.15) is 0 Å². The third-order valence-corrected chi connectivity index (χ3v) is 1.95. The van der Waals surface area contributed by atoms with Gasteiger partial charge in [-0.05, 0) is 0 Å². The molecule has 0 fully saturated rings. The Morgan fingerprint density at radius 3 is 1.27 bits per heavy atom. The summed E-state index contributed by atoms with van der Waals surface area (Å²) in [7, 11) is -6.85. The molecule has 0 bridgehead atoms. The van der Waals surface area contributed by atoms with Crippen LogP contribution in [0, 0.1) is 0 Å². The van der Waals surface area contributed by atoms with E-state index in [4.69, 9.17) is 4.55 Å². The molecule has 0 aromatic carbocycles. The summed E-state index contributed by atoms with van der Waals surface area (Å²) in [6.07, 6.45) is -6.79. The minimum absolute atomic E-state index is 0. The summed E-state index contributed by atoms with van der Waals surface area (Å²) in [5.74, 6) is -6.85. The molecule has 0 saturated heterocycles. The first kappa shape index (κ1) is 17.4. The molecule has 0 aliphatic carbocycles. The molecule has 0 aromatic rings. The fourth-order valence-electron chi connectivity index (χ4n) is 0.327. The molecule has 0 heterocycles. The molecule has 0 spiro atoms. The van der Waals surface area contributed by atoms with Crippen LogP contribution in [0.15, 0.2) is 0 Å². The van der Waals surface area contributed by atoms with Crippen LogP contribution in [0.1, 0.15) is 1.43 Å². The topological polar surface area (TPSA) is 54.4 Å². The number of rotatable bonds is 2. The van der Waals surface area contributed by atoms with E-state index in [1.165, 1.54) is 0 Å². The fraction of sp³-hybridized carbons (Fsp3) is 1.00. The summed E-state index contributed by atoms with van der Waals surface area (Å²) in [5.41, 5.74) is 0. The van der Waals surface area contributed by atoms with Gasteiger partial charge in [-0.3, -0.25) is 4.55 Å². The van der Waals surface area contributed by atoms with Gasteiger partial charge in [-0.25, -0.2) is 0 Å². The minimum Gasteiger partial charge on any atom is -1.00 e. The van der Waals surface area contributed by atoms with Gasteiger partial charge in [0.25, 0.3) is 0 Å². The molecule has 12 heteroatoms. The Hall–Kier alpha value is 0.0174. The van der Waals surface area contributed by atoms with E-state index in [0.29, 0.717) is 0 Å². The molecule has 0 radical (unpaired) electrons. The quantitative estimate of drug-likeness (QED) is 0.384. The normalized spacial score (nSPS) is 14.7. The molecule has 88 valence electrons. The molecule has 0 rings (SSSR count). The zero-order chi connectivity index (χ0) is 12.0. The number of hydrogen-bond acceptors (Lipinski definition) is 2. The van der Waals surface area contributed by atoms with E-state index >= 15 is 0 Å². The van der Waals surface area contributed by atoms with Gasteiger partial charge in [0.05, 0.1) is 0 Å². The van der Waals surface area contributed by atoms with Gasteiger partial charge < -0.3 is 1.43 Å². The summed E-state index contributed by atoms with van der Waals surface area (Å²) in [4.78, 5) is 0. The van der Waals surface area contributed by atoms with E-state index in [0.717, 1.165) is 0 Å². The van der Waals surface area contributed by atoms with Crippen molar-refractivity contribution in [3.8, 4) is 0 Å². The first-order chi connectivity index (χ1) is 5.75. The maximum Gasteiger partial charge on any atom is 1.00 e. The first-order valence-corrected chi connectivity index (χ1v) is 3.98. The summed E-state index contributed by atoms with van der Waals surface area (Å²) >= 11 is 0. The van der Waals surface area contributed by atoms with Crippen molar-refractivity contribution in [3.05, 3.63) is 0 Å². The monoisotopic (exact) mass is 258 g/mol. The van der Waals surface area contributed by atoms with Crippen molar-refractivity contribution in [1.29, 1.82) is 0 Å². The molecule has 3 nitrogen and oxygen atoms in total. The van der Waals surface area contributed by atoms with Crippen LogP contribution in [0.3, 0.4) is 0 Å². The Morgan fingerprint density at radius 1 is 0.933 bits per heavy atom. The third-order valence-electron chi connectivity index (χ3n) is 1.05. The third kappa shape index (κ3) is 2.77. The molecule has 0 atom stereocenters. The summed E-state index contributed by atoms with van der Waals surface area (Å²) in [6.45, 7) is 0. The van der Waals surface area contributed by atoms with E-state index in [2.05, 4.69) is 0 Å². The molecule has 0 amide bonds. The standard InChI is InChI=1S/C3HF7O3S.Li.H/c4-1(5,2(6,7)8)3(9,10)14(11,12)13;;/h(H,11,12,13);;/q;+1;-1. The van der Waals surface area contributed by atoms with Crippen LogP contribution < -0.4 is 18.9 Å². The van der Waals surface area contributed by atoms with Gasteiger partial charge in [-0.15, -0.1) is 0 Å². The van der Waals surface area contributed by atoms with Crippen LogP contribution in [-0.4, -0.2) is 30.3 Å². The molecular formula is C3H2F7LiO3S. The molecule has 0 saturated carbocycles. The Bertz CT molecular complexity index is 324. The zero-order valence-electron chi connectivity index (χ0n) is 7.82. The molecule has 0 aliphatic rings. The second-order valence-electron chi connectivity index (χ2n) is 2.06. The van der Waals surface area contributed by atoms with Crippen LogP contribution in [-0.2, 0) is 10.1 Å². The zero-order valence-corrected chi connectivity index (χ0v) is 7.63. The second-order valence-corrected chi connectivity index (χ2v) is 3.53. The molecule has 0 aromatic heterocycles. The summed E-state index contributed by atoms with van der Waals surface area (Å²) in [6, 6.07) is 0. The number of halogens is 7. The van der Waals surface area contributed by atoms with E-state index in [1.807, 2.05) is 0 Å². The average Bonchev–Trinajstić information content (AvgIpc) is 1.81. The maximum absolute atomic E-state index is 11.9. The van der Waals surface area contributed by atoms with Gasteiger partial charge in [0, 0.05) is 0 Å². The van der Waals surface area contributed by atoms with E-state index in [9.17, 15) is 39.2 Å². The van der Waals surface area contributed by atoms with Crippen molar-refractivity contribution in [2.45, 2.75) is 17.4 Å². The number of hydrogen-bond donors (Lipinski definition) is 1. The van der Waals surface area contributed by atoms with Gasteiger partial charge >= 0.3 is 46.3 Å². The van der Waals surface area contributed by atoms with Crippen molar-refractivity contribution in [1.82, 2.24) is 0 Å². The Morgan fingerprint density at radius 2 is 1.20 bits per heavy atom. The van der Waals surface area contributed by atoms with Crippen LogP contribution in [0.5, 0.6) is 0 Å². The minimum atomic E-state index is -6.85. The molecule has 0 unspecified atom stereocenters. The van der Waals surface area contributed by atoms with Gasteiger partial charge in [0.15, 0.2) is 0 Å². The fourth-order valence-corrected chi connectivity index (χ4v) is 0.767. The van der Waals surface area contributed by atoms with E-state index < -0.39 is 27.5 Å². The van der Waals surface area contributed by atoms with E-state index in [1.54, 1.807) is 0 Å². The Balaban J connectivity index is -0.000000845. The average molecular weight is 258 g/mol. The predicted octanol–water partition coefficient (Wildman–Crippen LogP) is -1.22. The Kier molecular flexibility index (Phi) is 4.78. The second kappa shape index (κ2) is 4.12. The SMILES string of the molecule is O=S(=O)(O)C(F)(F)C(F)(F)C(F)(F)F.[H-].[Li+].